The fourth-order valence-electron chi connectivity index (χ4n) is 2.61. The number of carbonyl (C=O) groups excluding carboxylic acids is 1. The molecular formula is C15H22FN3O. The first-order chi connectivity index (χ1) is 9.56. The molecule has 1 atom stereocenters. The van der Waals surface area contributed by atoms with E-state index in [9.17, 15) is 9.18 Å². The van der Waals surface area contributed by atoms with Crippen LogP contribution in [0.25, 0.3) is 0 Å². The molecule has 1 unspecified atom stereocenters. The Morgan fingerprint density at radius 2 is 2.35 bits per heavy atom. The summed E-state index contributed by atoms with van der Waals surface area (Å²) >= 11 is 0. The van der Waals surface area contributed by atoms with Crippen molar-refractivity contribution in [2.24, 2.45) is 0 Å². The van der Waals surface area contributed by atoms with E-state index in [4.69, 9.17) is 5.73 Å². The molecule has 0 bridgehead atoms. The molecule has 110 valence electrons. The number of halogens is 1. The Hall–Kier alpha value is -1.62. The van der Waals surface area contributed by atoms with Crippen molar-refractivity contribution in [3.63, 3.8) is 0 Å². The van der Waals surface area contributed by atoms with Gasteiger partial charge in [-0.2, -0.15) is 0 Å². The topological polar surface area (TPSA) is 58.4 Å². The summed E-state index contributed by atoms with van der Waals surface area (Å²) in [5, 5.41) is 2.74. The molecule has 1 heterocycles. The molecule has 1 aliphatic heterocycles. The van der Waals surface area contributed by atoms with Gasteiger partial charge in [0.05, 0.1) is 5.69 Å². The van der Waals surface area contributed by atoms with Crippen LogP contribution < -0.4 is 11.1 Å². The Kier molecular flexibility index (Phi) is 4.95. The molecule has 1 aromatic rings. The fourth-order valence-corrected chi connectivity index (χ4v) is 2.61. The maximum absolute atomic E-state index is 13.0. The van der Waals surface area contributed by atoms with E-state index in [1.165, 1.54) is 31.0 Å². The molecule has 5 heteroatoms. The number of anilines is 2. The molecule has 0 aromatic heterocycles. The van der Waals surface area contributed by atoms with Gasteiger partial charge in [0.15, 0.2) is 0 Å². The normalized spacial score (nSPS) is 19.2. The molecule has 1 aliphatic rings. The number of nitrogens with two attached hydrogens (primary N) is 1. The van der Waals surface area contributed by atoms with Gasteiger partial charge in [0, 0.05) is 18.2 Å². The van der Waals surface area contributed by atoms with Crippen LogP contribution in [0, 0.1) is 5.82 Å². The van der Waals surface area contributed by atoms with Gasteiger partial charge in [-0.3, -0.25) is 4.79 Å². The highest BCUT2D eigenvalue weighted by molar-refractivity contribution is 5.91. The Morgan fingerprint density at radius 3 is 3.00 bits per heavy atom. The van der Waals surface area contributed by atoms with Crippen molar-refractivity contribution in [1.29, 1.82) is 0 Å². The largest absolute Gasteiger partial charge is 0.396 e. The van der Waals surface area contributed by atoms with Gasteiger partial charge in [-0.15, -0.1) is 0 Å². The van der Waals surface area contributed by atoms with Gasteiger partial charge in [-0.05, 0) is 57.5 Å². The molecule has 0 aliphatic carbocycles. The van der Waals surface area contributed by atoms with Gasteiger partial charge in [-0.1, -0.05) is 0 Å². The summed E-state index contributed by atoms with van der Waals surface area (Å²) in [6.07, 6.45) is 3.82. The number of rotatable bonds is 5. The third-order valence-electron chi connectivity index (χ3n) is 3.82. The maximum atomic E-state index is 13.0. The number of nitrogens with one attached hydrogen (secondary N) is 1. The summed E-state index contributed by atoms with van der Waals surface area (Å²) in [6.45, 7) is 4.33. The van der Waals surface area contributed by atoms with E-state index in [-0.39, 0.29) is 11.6 Å². The van der Waals surface area contributed by atoms with Crippen molar-refractivity contribution in [2.45, 2.75) is 38.6 Å². The molecule has 1 fully saturated rings. The Labute approximate surface area is 119 Å². The second-order valence-electron chi connectivity index (χ2n) is 5.42. The Morgan fingerprint density at radius 1 is 1.55 bits per heavy atom. The first kappa shape index (κ1) is 14.8. The predicted molar refractivity (Wildman–Crippen MR) is 78.9 cm³/mol. The van der Waals surface area contributed by atoms with Gasteiger partial charge in [0.25, 0.3) is 0 Å². The van der Waals surface area contributed by atoms with Crippen molar-refractivity contribution in [3.05, 3.63) is 24.0 Å². The third kappa shape index (κ3) is 3.93. The highest BCUT2D eigenvalue weighted by Crippen LogP contribution is 2.18. The lowest BCUT2D eigenvalue weighted by Gasteiger charge is -2.20. The van der Waals surface area contributed by atoms with Crippen LogP contribution in [-0.4, -0.2) is 29.9 Å². The van der Waals surface area contributed by atoms with Crippen LogP contribution in [0.4, 0.5) is 15.8 Å². The zero-order valence-electron chi connectivity index (χ0n) is 11.9. The van der Waals surface area contributed by atoms with E-state index in [0.29, 0.717) is 18.2 Å². The summed E-state index contributed by atoms with van der Waals surface area (Å²) in [6, 6.07) is 4.86. The van der Waals surface area contributed by atoms with Crippen LogP contribution in [-0.2, 0) is 4.79 Å². The molecule has 1 amide bonds. The Bertz CT molecular complexity index is 478. The molecule has 0 saturated carbocycles. The maximum Gasteiger partial charge on any atom is 0.224 e. The zero-order valence-corrected chi connectivity index (χ0v) is 11.9. The monoisotopic (exact) mass is 279 g/mol. The average molecular weight is 279 g/mol. The molecule has 0 radical (unpaired) electrons. The van der Waals surface area contributed by atoms with Crippen LogP contribution in [0.15, 0.2) is 18.2 Å². The minimum absolute atomic E-state index is 0.0497. The van der Waals surface area contributed by atoms with E-state index in [1.807, 2.05) is 0 Å². The first-order valence-corrected chi connectivity index (χ1v) is 7.15. The van der Waals surface area contributed by atoms with Gasteiger partial charge >= 0.3 is 0 Å². The molecule has 4 nitrogen and oxygen atoms in total. The molecule has 20 heavy (non-hydrogen) atoms. The SMILES string of the molecule is CC1CCCN1CCCC(=O)Nc1ccc(F)c(N)c1. The zero-order chi connectivity index (χ0) is 14.5. The molecule has 1 saturated heterocycles. The van der Waals surface area contributed by atoms with E-state index < -0.39 is 5.82 Å². The minimum Gasteiger partial charge on any atom is -0.396 e. The predicted octanol–water partition coefficient (Wildman–Crippen LogP) is 2.61. The smallest absolute Gasteiger partial charge is 0.224 e. The van der Waals surface area contributed by atoms with E-state index >= 15 is 0 Å². The quantitative estimate of drug-likeness (QED) is 0.815. The summed E-state index contributed by atoms with van der Waals surface area (Å²) in [4.78, 5) is 14.2. The number of likely N-dealkylation sites (tertiary alicyclic amines) is 1. The van der Waals surface area contributed by atoms with Crippen molar-refractivity contribution >= 4 is 17.3 Å². The molecule has 0 spiro atoms. The van der Waals surface area contributed by atoms with Crippen LogP contribution in [0.2, 0.25) is 0 Å². The number of nitrogen functional groups attached to an aromatic ring is 1. The number of carbonyl (C=O) groups is 1. The van der Waals surface area contributed by atoms with Crippen molar-refractivity contribution in [2.75, 3.05) is 24.1 Å². The van der Waals surface area contributed by atoms with Gasteiger partial charge in [0.2, 0.25) is 5.91 Å². The van der Waals surface area contributed by atoms with Crippen molar-refractivity contribution in [1.82, 2.24) is 4.90 Å². The van der Waals surface area contributed by atoms with Gasteiger partial charge in [-0.25, -0.2) is 4.39 Å². The summed E-state index contributed by atoms with van der Waals surface area (Å²) < 4.78 is 13.0. The van der Waals surface area contributed by atoms with Crippen molar-refractivity contribution < 1.29 is 9.18 Å². The first-order valence-electron chi connectivity index (χ1n) is 7.15. The lowest BCUT2D eigenvalue weighted by molar-refractivity contribution is -0.116. The second kappa shape index (κ2) is 6.70. The average Bonchev–Trinajstić information content (AvgIpc) is 2.80. The van der Waals surface area contributed by atoms with Gasteiger partial charge in [0.1, 0.15) is 5.82 Å². The molecular weight excluding hydrogens is 257 g/mol. The number of benzene rings is 1. The van der Waals surface area contributed by atoms with E-state index in [0.717, 1.165) is 19.5 Å². The van der Waals surface area contributed by atoms with Crippen LogP contribution in [0.1, 0.15) is 32.6 Å². The second-order valence-corrected chi connectivity index (χ2v) is 5.42. The van der Waals surface area contributed by atoms with Crippen LogP contribution in [0.5, 0.6) is 0 Å². The standard InChI is InChI=1S/C15H22FN3O/c1-11-4-2-8-19(11)9-3-5-15(20)18-12-6-7-13(16)14(17)10-12/h6-7,10-11H,2-5,8-9,17H2,1H3,(H,18,20). The van der Waals surface area contributed by atoms with Gasteiger partial charge < -0.3 is 16.0 Å². The van der Waals surface area contributed by atoms with Crippen LogP contribution >= 0.6 is 0 Å². The number of hydrogen-bond acceptors (Lipinski definition) is 3. The molecule has 3 N–H and O–H groups in total. The molecule has 1 aromatic carbocycles. The summed E-state index contributed by atoms with van der Waals surface area (Å²) in [7, 11) is 0. The van der Waals surface area contributed by atoms with Crippen molar-refractivity contribution in [3.8, 4) is 0 Å². The number of hydrogen-bond donors (Lipinski definition) is 2. The minimum atomic E-state index is -0.467. The third-order valence-corrected chi connectivity index (χ3v) is 3.82. The Balaban J connectivity index is 1.73. The lowest BCUT2D eigenvalue weighted by Crippen LogP contribution is -2.28. The van der Waals surface area contributed by atoms with E-state index in [1.54, 1.807) is 0 Å². The molecule has 2 rings (SSSR count). The number of amides is 1. The number of nitrogens with zero attached hydrogens (tertiary/aromatic N) is 1. The fraction of sp³-hybridized carbons (Fsp3) is 0.533. The summed E-state index contributed by atoms with van der Waals surface area (Å²) in [5.74, 6) is -0.520. The lowest BCUT2D eigenvalue weighted by atomic mass is 10.2. The highest BCUT2D eigenvalue weighted by atomic mass is 19.1. The van der Waals surface area contributed by atoms with E-state index in [2.05, 4.69) is 17.1 Å². The summed E-state index contributed by atoms with van der Waals surface area (Å²) in [5.41, 5.74) is 6.06. The van der Waals surface area contributed by atoms with Crippen LogP contribution in [0.3, 0.4) is 0 Å². The highest BCUT2D eigenvalue weighted by Gasteiger charge is 2.19.